The molecule has 1 heterocycles. The summed E-state index contributed by atoms with van der Waals surface area (Å²) in [7, 11) is 0. The Morgan fingerprint density at radius 2 is 2.27 bits per heavy atom. The Balaban J connectivity index is 2.87. The van der Waals surface area contributed by atoms with E-state index in [1.807, 2.05) is 25.1 Å². The lowest BCUT2D eigenvalue weighted by atomic mass is 10.3. The molecule has 0 bridgehead atoms. The lowest BCUT2D eigenvalue weighted by Gasteiger charge is -1.92. The minimum Gasteiger partial charge on any atom is -0.299 e. The second-order valence-corrected chi connectivity index (χ2v) is 2.20. The number of aldehydes is 1. The maximum atomic E-state index is 9.95. The molecule has 0 aliphatic carbocycles. The fourth-order valence-corrected chi connectivity index (χ4v) is 0.795. The van der Waals surface area contributed by atoms with Gasteiger partial charge in [-0.3, -0.25) is 9.78 Å². The van der Waals surface area contributed by atoms with E-state index in [-0.39, 0.29) is 0 Å². The van der Waals surface area contributed by atoms with Gasteiger partial charge in [-0.05, 0) is 31.2 Å². The Morgan fingerprint density at radius 1 is 1.45 bits per heavy atom. The van der Waals surface area contributed by atoms with Crippen molar-refractivity contribution in [2.45, 2.75) is 6.92 Å². The van der Waals surface area contributed by atoms with Crippen molar-refractivity contribution in [2.75, 3.05) is 0 Å². The first-order valence-electron chi connectivity index (χ1n) is 3.38. The molecule has 0 unspecified atom stereocenters. The molecule has 0 saturated heterocycles. The second-order valence-electron chi connectivity index (χ2n) is 2.20. The molecular formula is C9H9NO. The van der Waals surface area contributed by atoms with E-state index in [2.05, 4.69) is 4.98 Å². The van der Waals surface area contributed by atoms with E-state index in [1.165, 1.54) is 6.08 Å². The summed E-state index contributed by atoms with van der Waals surface area (Å²) < 4.78 is 0. The summed E-state index contributed by atoms with van der Waals surface area (Å²) in [6.07, 6.45) is 3.85. The van der Waals surface area contributed by atoms with Crippen LogP contribution in [0.1, 0.15) is 11.4 Å². The van der Waals surface area contributed by atoms with Gasteiger partial charge in [0.1, 0.15) is 6.29 Å². The van der Waals surface area contributed by atoms with Crippen LogP contribution in [0, 0.1) is 6.92 Å². The Hall–Kier alpha value is -1.44. The highest BCUT2D eigenvalue weighted by molar-refractivity contribution is 5.72. The van der Waals surface area contributed by atoms with E-state index >= 15 is 0 Å². The molecule has 1 aromatic rings. The predicted octanol–water partition coefficient (Wildman–Crippen LogP) is 1.60. The van der Waals surface area contributed by atoms with Gasteiger partial charge in [-0.25, -0.2) is 0 Å². The largest absolute Gasteiger partial charge is 0.299 e. The summed E-state index contributed by atoms with van der Waals surface area (Å²) in [5.41, 5.74) is 1.77. The van der Waals surface area contributed by atoms with Gasteiger partial charge in [0.15, 0.2) is 0 Å². The second kappa shape index (κ2) is 3.66. The zero-order valence-electron chi connectivity index (χ0n) is 6.32. The summed E-state index contributed by atoms with van der Waals surface area (Å²) in [4.78, 5) is 14.1. The molecule has 0 saturated carbocycles. The van der Waals surface area contributed by atoms with Crippen LogP contribution in [0.3, 0.4) is 0 Å². The smallest absolute Gasteiger partial charge is 0.142 e. The maximum Gasteiger partial charge on any atom is 0.142 e. The lowest BCUT2D eigenvalue weighted by Crippen LogP contribution is -1.82. The van der Waals surface area contributed by atoms with Crippen molar-refractivity contribution in [3.05, 3.63) is 35.7 Å². The van der Waals surface area contributed by atoms with Gasteiger partial charge in [0.25, 0.3) is 0 Å². The van der Waals surface area contributed by atoms with Crippen LogP contribution in [-0.4, -0.2) is 11.3 Å². The fraction of sp³-hybridized carbons (Fsp3) is 0.111. The third-order valence-corrected chi connectivity index (χ3v) is 1.26. The van der Waals surface area contributed by atoms with Crippen LogP contribution in [0.5, 0.6) is 0 Å². The van der Waals surface area contributed by atoms with Crippen molar-refractivity contribution >= 4 is 12.4 Å². The van der Waals surface area contributed by atoms with Gasteiger partial charge in [-0.2, -0.15) is 0 Å². The molecule has 0 atom stereocenters. The van der Waals surface area contributed by atoms with Crippen molar-refractivity contribution in [3.63, 3.8) is 0 Å². The van der Waals surface area contributed by atoms with Crippen molar-refractivity contribution < 1.29 is 4.79 Å². The Bertz CT molecular complexity index is 279. The highest BCUT2D eigenvalue weighted by Gasteiger charge is 1.86. The molecule has 1 rings (SSSR count). The van der Waals surface area contributed by atoms with Crippen LogP contribution in [0.25, 0.3) is 6.08 Å². The molecule has 1 aromatic heterocycles. The Morgan fingerprint density at radius 3 is 2.91 bits per heavy atom. The minimum absolute atomic E-state index is 0.740. The van der Waals surface area contributed by atoms with E-state index in [0.717, 1.165) is 17.7 Å². The number of aryl methyl sites for hydroxylation is 1. The van der Waals surface area contributed by atoms with E-state index in [4.69, 9.17) is 0 Å². The van der Waals surface area contributed by atoms with E-state index in [9.17, 15) is 4.79 Å². The van der Waals surface area contributed by atoms with E-state index < -0.39 is 0 Å². The molecule has 0 radical (unpaired) electrons. The number of hydrogen-bond acceptors (Lipinski definition) is 2. The fourth-order valence-electron chi connectivity index (χ4n) is 0.795. The summed E-state index contributed by atoms with van der Waals surface area (Å²) >= 11 is 0. The third kappa shape index (κ3) is 2.34. The zero-order chi connectivity index (χ0) is 8.10. The Labute approximate surface area is 65.6 Å². The molecule has 0 spiro atoms. The molecule has 0 N–H and O–H groups in total. The zero-order valence-corrected chi connectivity index (χ0v) is 6.32. The summed E-state index contributed by atoms with van der Waals surface area (Å²) in [6.45, 7) is 1.91. The first kappa shape index (κ1) is 7.66. The first-order valence-corrected chi connectivity index (χ1v) is 3.38. The molecule has 0 aliphatic heterocycles. The third-order valence-electron chi connectivity index (χ3n) is 1.26. The number of hydrogen-bond donors (Lipinski definition) is 0. The highest BCUT2D eigenvalue weighted by Crippen LogP contribution is 1.98. The predicted molar refractivity (Wildman–Crippen MR) is 44.1 cm³/mol. The van der Waals surface area contributed by atoms with Crippen LogP contribution in [0.2, 0.25) is 0 Å². The number of rotatable bonds is 2. The molecular weight excluding hydrogens is 138 g/mol. The van der Waals surface area contributed by atoms with Gasteiger partial charge in [-0.15, -0.1) is 0 Å². The monoisotopic (exact) mass is 147 g/mol. The summed E-state index contributed by atoms with van der Waals surface area (Å²) in [5, 5.41) is 0. The molecule has 56 valence electrons. The normalized spacial score (nSPS) is 10.3. The van der Waals surface area contributed by atoms with Gasteiger partial charge >= 0.3 is 0 Å². The van der Waals surface area contributed by atoms with Crippen LogP contribution in [0.4, 0.5) is 0 Å². The van der Waals surface area contributed by atoms with Gasteiger partial charge in [0, 0.05) is 5.69 Å². The molecule has 0 aliphatic rings. The van der Waals surface area contributed by atoms with Gasteiger partial charge < -0.3 is 0 Å². The number of aromatic nitrogens is 1. The molecule has 11 heavy (non-hydrogen) atoms. The average Bonchev–Trinajstić information content (AvgIpc) is 2.01. The molecule has 0 amide bonds. The first-order chi connectivity index (χ1) is 5.33. The molecule has 0 aromatic carbocycles. The summed E-state index contributed by atoms with van der Waals surface area (Å²) in [6, 6.07) is 5.68. The number of nitrogens with zero attached hydrogens (tertiary/aromatic N) is 1. The van der Waals surface area contributed by atoms with Crippen molar-refractivity contribution in [3.8, 4) is 0 Å². The standard InChI is InChI=1S/C9H9NO/c1-8-4-2-5-9(10-8)6-3-7-11/h2-7H,1H3. The van der Waals surface area contributed by atoms with Crippen LogP contribution >= 0.6 is 0 Å². The van der Waals surface area contributed by atoms with Crippen molar-refractivity contribution in [2.24, 2.45) is 0 Å². The number of pyridine rings is 1. The van der Waals surface area contributed by atoms with E-state index in [1.54, 1.807) is 6.08 Å². The molecule has 2 nitrogen and oxygen atoms in total. The van der Waals surface area contributed by atoms with E-state index in [0.29, 0.717) is 0 Å². The number of carbonyl (C=O) groups is 1. The number of carbonyl (C=O) groups excluding carboxylic acids is 1. The Kier molecular flexibility index (Phi) is 2.55. The van der Waals surface area contributed by atoms with Crippen molar-refractivity contribution in [1.82, 2.24) is 4.98 Å². The van der Waals surface area contributed by atoms with Crippen LogP contribution < -0.4 is 0 Å². The quantitative estimate of drug-likeness (QED) is 0.469. The number of allylic oxidation sites excluding steroid dienone is 1. The van der Waals surface area contributed by atoms with Gasteiger partial charge in [-0.1, -0.05) is 6.07 Å². The minimum atomic E-state index is 0.740. The topological polar surface area (TPSA) is 30.0 Å². The maximum absolute atomic E-state index is 9.95. The summed E-state index contributed by atoms with van der Waals surface area (Å²) in [5.74, 6) is 0. The van der Waals surface area contributed by atoms with Gasteiger partial charge in [0.05, 0.1) is 5.69 Å². The lowest BCUT2D eigenvalue weighted by molar-refractivity contribution is -0.104. The van der Waals surface area contributed by atoms with Crippen LogP contribution in [-0.2, 0) is 4.79 Å². The van der Waals surface area contributed by atoms with Crippen LogP contribution in [0.15, 0.2) is 24.3 Å². The van der Waals surface area contributed by atoms with Crippen molar-refractivity contribution in [1.29, 1.82) is 0 Å². The SMILES string of the molecule is Cc1cccc(C=CC=O)n1. The molecule has 0 fully saturated rings. The highest BCUT2D eigenvalue weighted by atomic mass is 16.1. The van der Waals surface area contributed by atoms with Gasteiger partial charge in [0.2, 0.25) is 0 Å². The molecule has 2 heteroatoms. The average molecular weight is 147 g/mol.